The van der Waals surface area contributed by atoms with Gasteiger partial charge >= 0.3 is 6.09 Å². The third kappa shape index (κ3) is 5.89. The second-order valence-electron chi connectivity index (χ2n) is 6.87. The first-order valence-electron chi connectivity index (χ1n) is 9.78. The molecule has 0 saturated carbocycles. The Kier molecular flexibility index (Phi) is 7.14. The van der Waals surface area contributed by atoms with Crippen molar-refractivity contribution >= 4 is 6.09 Å². The summed E-state index contributed by atoms with van der Waals surface area (Å²) in [5.41, 5.74) is 2.49. The van der Waals surface area contributed by atoms with Gasteiger partial charge in [0, 0.05) is 39.1 Å². The first kappa shape index (κ1) is 20.0. The number of hydrogen-bond acceptors (Lipinski definition) is 4. The van der Waals surface area contributed by atoms with E-state index >= 15 is 0 Å². The topological polar surface area (TPSA) is 62.2 Å². The number of amides is 1. The Morgan fingerprint density at radius 1 is 0.893 bits per heavy atom. The van der Waals surface area contributed by atoms with Crippen LogP contribution in [0.15, 0.2) is 48.5 Å². The molecule has 1 saturated heterocycles. The molecule has 2 aromatic carbocycles. The van der Waals surface area contributed by atoms with Gasteiger partial charge in [0.25, 0.3) is 0 Å². The summed E-state index contributed by atoms with van der Waals surface area (Å²) in [6, 6.07) is 16.3. The van der Waals surface area contributed by atoms with Crippen LogP contribution < -0.4 is 9.47 Å². The van der Waals surface area contributed by atoms with Gasteiger partial charge < -0.3 is 19.5 Å². The van der Waals surface area contributed by atoms with Gasteiger partial charge in [-0.1, -0.05) is 24.3 Å². The zero-order chi connectivity index (χ0) is 19.8. The average molecular weight is 384 g/mol. The molecule has 0 aromatic heterocycles. The second-order valence-corrected chi connectivity index (χ2v) is 6.87. The summed E-state index contributed by atoms with van der Waals surface area (Å²) in [5.74, 6) is 1.70. The van der Waals surface area contributed by atoms with Crippen LogP contribution in [0.5, 0.6) is 11.5 Å². The van der Waals surface area contributed by atoms with Crippen LogP contribution in [0, 0.1) is 0 Å². The van der Waals surface area contributed by atoms with E-state index in [9.17, 15) is 4.79 Å². The Labute approximate surface area is 166 Å². The SMILES string of the molecule is CCOc1ccc(OCCc2ccc(CN3CCN(C(=O)O)CC3)cc2)cc1. The molecule has 0 bridgehead atoms. The Hall–Kier alpha value is -2.73. The van der Waals surface area contributed by atoms with Crippen LogP contribution in [0.25, 0.3) is 0 Å². The minimum Gasteiger partial charge on any atom is -0.494 e. The molecule has 0 atom stereocenters. The Morgan fingerprint density at radius 3 is 2.04 bits per heavy atom. The van der Waals surface area contributed by atoms with Crippen molar-refractivity contribution in [3.63, 3.8) is 0 Å². The van der Waals surface area contributed by atoms with E-state index in [2.05, 4.69) is 29.2 Å². The molecule has 3 rings (SSSR count). The minimum absolute atomic E-state index is 0.580. The lowest BCUT2D eigenvalue weighted by atomic mass is 10.1. The molecule has 6 heteroatoms. The summed E-state index contributed by atoms with van der Waals surface area (Å²) in [5, 5.41) is 9.01. The van der Waals surface area contributed by atoms with Gasteiger partial charge in [0.1, 0.15) is 11.5 Å². The number of piperazine rings is 1. The van der Waals surface area contributed by atoms with Crippen LogP contribution in [0.4, 0.5) is 4.79 Å². The number of ether oxygens (including phenoxy) is 2. The molecule has 28 heavy (non-hydrogen) atoms. The number of nitrogens with zero attached hydrogens (tertiary/aromatic N) is 2. The second kappa shape index (κ2) is 9.99. The first-order chi connectivity index (χ1) is 13.6. The van der Waals surface area contributed by atoms with Crippen LogP contribution in [-0.4, -0.2) is 60.4 Å². The Bertz CT molecular complexity index is 738. The first-order valence-corrected chi connectivity index (χ1v) is 9.78. The molecule has 0 spiro atoms. The third-order valence-corrected chi connectivity index (χ3v) is 4.87. The van der Waals surface area contributed by atoms with Gasteiger partial charge in [0.15, 0.2) is 0 Å². The van der Waals surface area contributed by atoms with E-state index in [0.717, 1.165) is 37.6 Å². The summed E-state index contributed by atoms with van der Waals surface area (Å²) in [4.78, 5) is 14.7. The maximum absolute atomic E-state index is 11.0. The van der Waals surface area contributed by atoms with Crippen molar-refractivity contribution in [2.24, 2.45) is 0 Å². The molecule has 6 nitrogen and oxygen atoms in total. The van der Waals surface area contributed by atoms with Gasteiger partial charge in [-0.3, -0.25) is 4.90 Å². The van der Waals surface area contributed by atoms with Crippen LogP contribution in [0.1, 0.15) is 18.1 Å². The standard InChI is InChI=1S/C22H28N2O4/c1-2-27-20-7-9-21(10-8-20)28-16-11-18-3-5-19(6-4-18)17-23-12-14-24(15-13-23)22(25)26/h3-10H,2,11-17H2,1H3,(H,25,26). The summed E-state index contributed by atoms with van der Waals surface area (Å²) >= 11 is 0. The highest BCUT2D eigenvalue weighted by Crippen LogP contribution is 2.18. The van der Waals surface area contributed by atoms with Crippen molar-refractivity contribution in [1.29, 1.82) is 0 Å². The van der Waals surface area contributed by atoms with Gasteiger partial charge in [0.05, 0.1) is 13.2 Å². The largest absolute Gasteiger partial charge is 0.494 e. The Balaban J connectivity index is 1.40. The number of carboxylic acid groups (broad SMARTS) is 1. The molecule has 1 N–H and O–H groups in total. The molecule has 0 aliphatic carbocycles. The Morgan fingerprint density at radius 2 is 1.46 bits per heavy atom. The molecule has 1 heterocycles. The van der Waals surface area contributed by atoms with Crippen LogP contribution >= 0.6 is 0 Å². The smallest absolute Gasteiger partial charge is 0.407 e. The van der Waals surface area contributed by atoms with E-state index in [1.54, 1.807) is 0 Å². The predicted molar refractivity (Wildman–Crippen MR) is 108 cm³/mol. The lowest BCUT2D eigenvalue weighted by Crippen LogP contribution is -2.47. The number of hydrogen-bond donors (Lipinski definition) is 1. The molecule has 0 unspecified atom stereocenters. The number of benzene rings is 2. The van der Waals surface area contributed by atoms with E-state index in [1.807, 2.05) is 31.2 Å². The fourth-order valence-electron chi connectivity index (χ4n) is 3.25. The van der Waals surface area contributed by atoms with Crippen molar-refractivity contribution in [3.05, 3.63) is 59.7 Å². The lowest BCUT2D eigenvalue weighted by molar-refractivity contribution is 0.103. The molecular formula is C22H28N2O4. The lowest BCUT2D eigenvalue weighted by Gasteiger charge is -2.33. The highest BCUT2D eigenvalue weighted by Gasteiger charge is 2.20. The van der Waals surface area contributed by atoms with Crippen LogP contribution in [-0.2, 0) is 13.0 Å². The number of rotatable bonds is 8. The normalized spacial score (nSPS) is 14.7. The summed E-state index contributed by atoms with van der Waals surface area (Å²) in [6.45, 7) is 6.84. The van der Waals surface area contributed by atoms with Gasteiger partial charge in [-0.25, -0.2) is 4.79 Å². The molecule has 1 fully saturated rings. The summed E-state index contributed by atoms with van der Waals surface area (Å²) in [6.07, 6.45) is 0.0292. The highest BCUT2D eigenvalue weighted by atomic mass is 16.5. The van der Waals surface area contributed by atoms with Gasteiger partial charge in [-0.05, 0) is 42.3 Å². The summed E-state index contributed by atoms with van der Waals surface area (Å²) < 4.78 is 11.2. The van der Waals surface area contributed by atoms with E-state index in [-0.39, 0.29) is 0 Å². The molecule has 1 amide bonds. The van der Waals surface area contributed by atoms with Crippen molar-refractivity contribution in [2.45, 2.75) is 19.9 Å². The average Bonchev–Trinajstić information content (AvgIpc) is 2.71. The van der Waals surface area contributed by atoms with Crippen molar-refractivity contribution in [2.75, 3.05) is 39.4 Å². The molecule has 150 valence electrons. The van der Waals surface area contributed by atoms with Crippen molar-refractivity contribution in [3.8, 4) is 11.5 Å². The third-order valence-electron chi connectivity index (χ3n) is 4.87. The molecule has 2 aromatic rings. The minimum atomic E-state index is -0.823. The quantitative estimate of drug-likeness (QED) is 0.755. The number of carbonyl (C=O) groups is 1. The maximum atomic E-state index is 11.0. The van der Waals surface area contributed by atoms with Crippen molar-refractivity contribution in [1.82, 2.24) is 9.80 Å². The molecule has 1 aliphatic heterocycles. The fraction of sp³-hybridized carbons (Fsp3) is 0.409. The fourth-order valence-corrected chi connectivity index (χ4v) is 3.25. The van der Waals surface area contributed by atoms with Crippen molar-refractivity contribution < 1.29 is 19.4 Å². The van der Waals surface area contributed by atoms with E-state index < -0.39 is 6.09 Å². The van der Waals surface area contributed by atoms with Gasteiger partial charge in [-0.15, -0.1) is 0 Å². The summed E-state index contributed by atoms with van der Waals surface area (Å²) in [7, 11) is 0. The van der Waals surface area contributed by atoms with E-state index in [0.29, 0.717) is 26.3 Å². The maximum Gasteiger partial charge on any atom is 0.407 e. The van der Waals surface area contributed by atoms with Crippen LogP contribution in [0.3, 0.4) is 0 Å². The molecule has 1 aliphatic rings. The van der Waals surface area contributed by atoms with E-state index in [1.165, 1.54) is 16.0 Å². The molecule has 0 radical (unpaired) electrons. The van der Waals surface area contributed by atoms with Gasteiger partial charge in [-0.2, -0.15) is 0 Å². The van der Waals surface area contributed by atoms with Gasteiger partial charge in [0.2, 0.25) is 0 Å². The van der Waals surface area contributed by atoms with Crippen LogP contribution in [0.2, 0.25) is 0 Å². The van der Waals surface area contributed by atoms with E-state index in [4.69, 9.17) is 14.6 Å². The highest BCUT2D eigenvalue weighted by molar-refractivity contribution is 5.65. The molecular weight excluding hydrogens is 356 g/mol. The monoisotopic (exact) mass is 384 g/mol. The zero-order valence-electron chi connectivity index (χ0n) is 16.3. The predicted octanol–water partition coefficient (Wildman–Crippen LogP) is 3.50. The zero-order valence-corrected chi connectivity index (χ0v) is 16.3.